The van der Waals surface area contributed by atoms with Gasteiger partial charge in [-0.2, -0.15) is 0 Å². The fraction of sp³-hybridized carbons (Fsp3) is 0.857. The van der Waals surface area contributed by atoms with Gasteiger partial charge in [0, 0.05) is 6.54 Å². The number of amides is 1. The van der Waals surface area contributed by atoms with Gasteiger partial charge >= 0.3 is 0 Å². The molecule has 10 heavy (non-hydrogen) atoms. The molecule has 0 aliphatic carbocycles. The summed E-state index contributed by atoms with van der Waals surface area (Å²) in [5.41, 5.74) is 0. The van der Waals surface area contributed by atoms with E-state index in [1.807, 2.05) is 20.8 Å². The molecule has 0 aromatic heterocycles. The van der Waals surface area contributed by atoms with Crippen LogP contribution in [0.4, 0.5) is 0 Å². The minimum absolute atomic E-state index is 0.0110. The van der Waals surface area contributed by atoms with E-state index in [4.69, 9.17) is 4.74 Å². The van der Waals surface area contributed by atoms with Crippen LogP contribution in [-0.2, 0) is 9.53 Å². The zero-order chi connectivity index (χ0) is 7.98. The number of nitrogens with one attached hydrogen (secondary N) is 1. The highest BCUT2D eigenvalue weighted by molar-refractivity contribution is 5.77. The summed E-state index contributed by atoms with van der Waals surface area (Å²) in [7, 11) is 0. The zero-order valence-electron chi connectivity index (χ0n) is 6.81. The van der Waals surface area contributed by atoms with Gasteiger partial charge in [0.1, 0.15) is 6.61 Å². The van der Waals surface area contributed by atoms with Crippen LogP contribution in [0.15, 0.2) is 0 Å². The Kier molecular flexibility index (Phi) is 4.94. The minimum Gasteiger partial charge on any atom is -0.367 e. The van der Waals surface area contributed by atoms with Gasteiger partial charge in [-0.05, 0) is 6.92 Å². The molecule has 1 rings (SSSR count). The van der Waals surface area contributed by atoms with Crippen LogP contribution in [0.1, 0.15) is 20.8 Å². The van der Waals surface area contributed by atoms with Gasteiger partial charge in [0.05, 0.1) is 6.10 Å². The second kappa shape index (κ2) is 5.23. The molecule has 0 saturated carbocycles. The molecule has 1 heterocycles. The van der Waals surface area contributed by atoms with Crippen molar-refractivity contribution in [1.29, 1.82) is 0 Å². The van der Waals surface area contributed by atoms with Crippen LogP contribution in [0, 0.1) is 0 Å². The van der Waals surface area contributed by atoms with Crippen LogP contribution in [0.2, 0.25) is 0 Å². The van der Waals surface area contributed by atoms with Crippen LogP contribution < -0.4 is 5.32 Å². The number of hydrogen-bond acceptors (Lipinski definition) is 2. The summed E-state index contributed by atoms with van der Waals surface area (Å²) in [6.07, 6.45) is 0.188. The average Bonchev–Trinajstić information content (AvgIpc) is 2.00. The first-order valence-corrected chi connectivity index (χ1v) is 3.67. The molecular formula is C7H15NO2. The highest BCUT2D eigenvalue weighted by Gasteiger charge is 2.12. The molecular weight excluding hydrogens is 130 g/mol. The monoisotopic (exact) mass is 145 g/mol. The van der Waals surface area contributed by atoms with Crippen molar-refractivity contribution in [2.45, 2.75) is 26.9 Å². The normalized spacial score (nSPS) is 24.3. The standard InChI is InChI=1S/C5H9NO2.C2H6/c1-4-2-6-5(7)3-8-4;1-2/h4H,2-3H2,1H3,(H,6,7);1-2H3/t4-;/m0./s1. The van der Waals surface area contributed by atoms with Gasteiger partial charge in [0.15, 0.2) is 0 Å². The molecule has 0 aromatic carbocycles. The van der Waals surface area contributed by atoms with Crippen molar-refractivity contribution >= 4 is 5.91 Å². The molecule has 1 fully saturated rings. The average molecular weight is 145 g/mol. The lowest BCUT2D eigenvalue weighted by Gasteiger charge is -2.18. The van der Waals surface area contributed by atoms with Crippen LogP contribution in [0.25, 0.3) is 0 Å². The molecule has 1 saturated heterocycles. The third-order valence-electron chi connectivity index (χ3n) is 1.09. The van der Waals surface area contributed by atoms with Gasteiger partial charge in [-0.15, -0.1) is 0 Å². The van der Waals surface area contributed by atoms with Crippen molar-refractivity contribution in [2.24, 2.45) is 0 Å². The largest absolute Gasteiger partial charge is 0.367 e. The first-order chi connectivity index (χ1) is 4.79. The van der Waals surface area contributed by atoms with Gasteiger partial charge in [0.2, 0.25) is 5.91 Å². The van der Waals surface area contributed by atoms with E-state index in [1.54, 1.807) is 0 Å². The molecule has 0 unspecified atom stereocenters. The SMILES string of the molecule is CC.C[C@H]1CNC(=O)CO1. The molecule has 0 aromatic rings. The Labute approximate surface area is 61.8 Å². The Morgan fingerprint density at radius 1 is 1.60 bits per heavy atom. The Morgan fingerprint density at radius 3 is 2.50 bits per heavy atom. The molecule has 0 radical (unpaired) electrons. The fourth-order valence-corrected chi connectivity index (χ4v) is 0.585. The summed E-state index contributed by atoms with van der Waals surface area (Å²) >= 11 is 0. The molecule has 0 bridgehead atoms. The Hall–Kier alpha value is -0.570. The van der Waals surface area contributed by atoms with E-state index in [0.717, 1.165) is 0 Å². The first-order valence-electron chi connectivity index (χ1n) is 3.67. The van der Waals surface area contributed by atoms with Crippen molar-refractivity contribution in [3.05, 3.63) is 0 Å². The third-order valence-corrected chi connectivity index (χ3v) is 1.09. The van der Waals surface area contributed by atoms with E-state index >= 15 is 0 Å². The molecule has 1 aliphatic rings. The Balaban J connectivity index is 0.000000371. The maximum Gasteiger partial charge on any atom is 0.246 e. The summed E-state index contributed by atoms with van der Waals surface area (Å²) < 4.78 is 4.98. The zero-order valence-corrected chi connectivity index (χ0v) is 6.81. The molecule has 60 valence electrons. The van der Waals surface area contributed by atoms with E-state index in [-0.39, 0.29) is 18.6 Å². The van der Waals surface area contributed by atoms with E-state index in [0.29, 0.717) is 6.54 Å². The highest BCUT2D eigenvalue weighted by atomic mass is 16.5. The molecule has 0 spiro atoms. The molecule has 3 nitrogen and oxygen atoms in total. The van der Waals surface area contributed by atoms with Gasteiger partial charge in [0.25, 0.3) is 0 Å². The van der Waals surface area contributed by atoms with Crippen LogP contribution >= 0.6 is 0 Å². The van der Waals surface area contributed by atoms with E-state index in [9.17, 15) is 4.79 Å². The number of morpholine rings is 1. The van der Waals surface area contributed by atoms with Gasteiger partial charge in [-0.3, -0.25) is 4.79 Å². The van der Waals surface area contributed by atoms with Crippen LogP contribution in [0.5, 0.6) is 0 Å². The molecule has 1 atom stereocenters. The second-order valence-corrected chi connectivity index (χ2v) is 1.93. The lowest BCUT2D eigenvalue weighted by Crippen LogP contribution is -2.41. The fourth-order valence-electron chi connectivity index (χ4n) is 0.585. The Bertz CT molecular complexity index is 93.8. The lowest BCUT2D eigenvalue weighted by atomic mass is 10.3. The van der Waals surface area contributed by atoms with Crippen molar-refractivity contribution in [2.75, 3.05) is 13.2 Å². The number of carbonyl (C=O) groups is 1. The maximum atomic E-state index is 10.4. The molecule has 1 amide bonds. The summed E-state index contributed by atoms with van der Waals surface area (Å²) in [6, 6.07) is 0. The number of carbonyl (C=O) groups excluding carboxylic acids is 1. The predicted octanol–water partition coefficient (Wildman–Crippen LogP) is 0.547. The quantitative estimate of drug-likeness (QED) is 0.540. The number of hydrogen-bond donors (Lipinski definition) is 1. The van der Waals surface area contributed by atoms with Crippen molar-refractivity contribution in [3.8, 4) is 0 Å². The molecule has 3 heteroatoms. The second-order valence-electron chi connectivity index (χ2n) is 1.93. The van der Waals surface area contributed by atoms with Gasteiger partial charge in [-0.1, -0.05) is 13.8 Å². The summed E-state index contributed by atoms with van der Waals surface area (Å²) in [4.78, 5) is 10.4. The van der Waals surface area contributed by atoms with Crippen molar-refractivity contribution < 1.29 is 9.53 Å². The van der Waals surface area contributed by atoms with Gasteiger partial charge < -0.3 is 10.1 Å². The van der Waals surface area contributed by atoms with Gasteiger partial charge in [-0.25, -0.2) is 0 Å². The van der Waals surface area contributed by atoms with Crippen LogP contribution in [-0.4, -0.2) is 25.2 Å². The Morgan fingerprint density at radius 2 is 2.20 bits per heavy atom. The first kappa shape index (κ1) is 9.43. The van der Waals surface area contributed by atoms with Crippen molar-refractivity contribution in [1.82, 2.24) is 5.32 Å². The molecule has 1 N–H and O–H groups in total. The third kappa shape index (κ3) is 3.45. The summed E-state index contributed by atoms with van der Waals surface area (Å²) in [5, 5.41) is 2.67. The van der Waals surface area contributed by atoms with E-state index < -0.39 is 0 Å². The minimum atomic E-state index is -0.0110. The highest BCUT2D eigenvalue weighted by Crippen LogP contribution is 1.92. The number of rotatable bonds is 0. The van der Waals surface area contributed by atoms with E-state index in [2.05, 4.69) is 5.32 Å². The summed E-state index contributed by atoms with van der Waals surface area (Å²) in [6.45, 7) is 6.80. The van der Waals surface area contributed by atoms with Crippen molar-refractivity contribution in [3.63, 3.8) is 0 Å². The number of ether oxygens (including phenoxy) is 1. The summed E-state index contributed by atoms with van der Waals surface area (Å²) in [5.74, 6) is -0.0110. The molecule has 1 aliphatic heterocycles. The van der Waals surface area contributed by atoms with E-state index in [1.165, 1.54) is 0 Å². The lowest BCUT2D eigenvalue weighted by molar-refractivity contribution is -0.132. The maximum absolute atomic E-state index is 10.4. The topological polar surface area (TPSA) is 38.3 Å². The van der Waals surface area contributed by atoms with Crippen LogP contribution in [0.3, 0.4) is 0 Å². The predicted molar refractivity (Wildman–Crippen MR) is 39.8 cm³/mol. The smallest absolute Gasteiger partial charge is 0.246 e.